The summed E-state index contributed by atoms with van der Waals surface area (Å²) in [5.41, 5.74) is -0.0522. The van der Waals surface area contributed by atoms with Crippen LogP contribution in [-0.2, 0) is 12.0 Å². The molecule has 0 spiro atoms. The zero-order valence-electron chi connectivity index (χ0n) is 10.0. The number of thioether (sulfide) groups is 1. The first-order valence-electron chi connectivity index (χ1n) is 5.11. The highest BCUT2D eigenvalue weighted by atomic mass is 32.2. The minimum Gasteiger partial charge on any atom is -0.228 e. The first kappa shape index (κ1) is 12.9. The van der Waals surface area contributed by atoms with Crippen LogP contribution in [0.15, 0.2) is 17.8 Å². The maximum absolute atomic E-state index is 5.31. The molecule has 0 radical (unpaired) electrons. The van der Waals surface area contributed by atoms with Gasteiger partial charge < -0.3 is 0 Å². The van der Waals surface area contributed by atoms with Gasteiger partial charge in [-0.1, -0.05) is 44.5 Å². The van der Waals surface area contributed by atoms with Gasteiger partial charge in [0.2, 0.25) is 0 Å². The number of hydrogen-bond acceptors (Lipinski definition) is 3. The molecule has 0 amide bonds. The topological polar surface area (TPSA) is 30.7 Å². The van der Waals surface area contributed by atoms with Crippen LogP contribution in [0, 0.1) is 12.3 Å². The van der Waals surface area contributed by atoms with Gasteiger partial charge in [0, 0.05) is 11.2 Å². The fourth-order valence-corrected chi connectivity index (χ4v) is 1.75. The molecule has 3 nitrogen and oxygen atoms in total. The van der Waals surface area contributed by atoms with Crippen LogP contribution in [0.4, 0.5) is 0 Å². The Morgan fingerprint density at radius 1 is 1.56 bits per heavy atom. The third-order valence-electron chi connectivity index (χ3n) is 1.88. The number of nitrogens with zero attached hydrogens (tertiary/aromatic N) is 3. The summed E-state index contributed by atoms with van der Waals surface area (Å²) in [5.74, 6) is 4.23. The molecule has 0 saturated heterocycles. The minimum absolute atomic E-state index is 0.0522. The Morgan fingerprint density at radius 3 is 2.75 bits per heavy atom. The molecular weight excluding hydrogens is 218 g/mol. The molecule has 0 aliphatic carbocycles. The van der Waals surface area contributed by atoms with Crippen LogP contribution in [-0.4, -0.2) is 20.5 Å². The Morgan fingerprint density at radius 2 is 2.25 bits per heavy atom. The molecule has 0 aliphatic rings. The van der Waals surface area contributed by atoms with Crippen LogP contribution in [0.5, 0.6) is 0 Å². The van der Waals surface area contributed by atoms with Crippen molar-refractivity contribution in [3.8, 4) is 12.3 Å². The van der Waals surface area contributed by atoms with Gasteiger partial charge in [-0.05, 0) is 0 Å². The molecule has 1 aromatic rings. The second-order valence-corrected chi connectivity index (χ2v) is 5.42. The fraction of sp³-hybridized carbons (Fsp3) is 0.500. The number of aromatic nitrogens is 3. The monoisotopic (exact) mass is 235 g/mol. The Bertz CT molecular complexity index is 407. The third kappa shape index (κ3) is 3.14. The van der Waals surface area contributed by atoms with Crippen molar-refractivity contribution in [1.29, 1.82) is 0 Å². The summed E-state index contributed by atoms with van der Waals surface area (Å²) in [7, 11) is 0. The van der Waals surface area contributed by atoms with Gasteiger partial charge in [0.05, 0.1) is 0 Å². The fourth-order valence-electron chi connectivity index (χ4n) is 1.08. The van der Waals surface area contributed by atoms with Gasteiger partial charge in [-0.25, -0.2) is 9.67 Å². The third-order valence-corrected chi connectivity index (χ3v) is 2.84. The Hall–Kier alpha value is -1.21. The van der Waals surface area contributed by atoms with Crippen LogP contribution in [0.2, 0.25) is 0 Å². The van der Waals surface area contributed by atoms with Crippen molar-refractivity contribution in [3.63, 3.8) is 0 Å². The smallest absolute Gasteiger partial charge is 0.187 e. The summed E-state index contributed by atoms with van der Waals surface area (Å²) < 4.78 is 1.77. The molecule has 16 heavy (non-hydrogen) atoms. The van der Waals surface area contributed by atoms with Crippen LogP contribution < -0.4 is 0 Å². The lowest BCUT2D eigenvalue weighted by molar-refractivity contribution is 0.534. The van der Waals surface area contributed by atoms with E-state index in [4.69, 9.17) is 6.42 Å². The van der Waals surface area contributed by atoms with Crippen molar-refractivity contribution in [2.75, 3.05) is 5.75 Å². The maximum atomic E-state index is 5.31. The van der Waals surface area contributed by atoms with E-state index in [1.54, 1.807) is 16.4 Å². The Labute approximate surface area is 101 Å². The maximum Gasteiger partial charge on any atom is 0.187 e. The Balaban J connectivity index is 3.00. The first-order chi connectivity index (χ1) is 7.49. The summed E-state index contributed by atoms with van der Waals surface area (Å²) in [4.78, 5) is 4.51. The van der Waals surface area contributed by atoms with Gasteiger partial charge >= 0.3 is 0 Å². The zero-order chi connectivity index (χ0) is 12.2. The zero-order valence-corrected chi connectivity index (χ0v) is 10.8. The predicted molar refractivity (Wildman–Crippen MR) is 68.5 cm³/mol. The summed E-state index contributed by atoms with van der Waals surface area (Å²) in [5, 5.41) is 5.30. The molecule has 0 bridgehead atoms. The number of terminal acetylenes is 1. The molecular formula is C12H17N3S. The van der Waals surface area contributed by atoms with Gasteiger partial charge in [-0.3, -0.25) is 0 Å². The molecule has 0 saturated carbocycles. The van der Waals surface area contributed by atoms with E-state index in [0.29, 0.717) is 6.54 Å². The van der Waals surface area contributed by atoms with Gasteiger partial charge in [0.15, 0.2) is 11.0 Å². The van der Waals surface area contributed by atoms with E-state index in [-0.39, 0.29) is 5.41 Å². The molecule has 0 aliphatic heterocycles. The standard InChI is InChI=1S/C12H17N3S/c1-6-8-15-11(16-9-7-2)13-10(14-15)12(3,4)5/h1,7H,2,8-9H2,3-5H3. The highest BCUT2D eigenvalue weighted by Crippen LogP contribution is 2.23. The number of hydrogen-bond donors (Lipinski definition) is 0. The molecule has 0 fully saturated rings. The molecule has 1 heterocycles. The van der Waals surface area contributed by atoms with E-state index in [1.807, 2.05) is 6.08 Å². The van der Waals surface area contributed by atoms with Gasteiger partial charge in [-0.15, -0.1) is 13.0 Å². The highest BCUT2D eigenvalue weighted by Gasteiger charge is 2.21. The molecule has 0 aromatic carbocycles. The van der Waals surface area contributed by atoms with Crippen LogP contribution in [0.25, 0.3) is 0 Å². The van der Waals surface area contributed by atoms with E-state index >= 15 is 0 Å². The molecule has 0 N–H and O–H groups in total. The molecule has 4 heteroatoms. The molecule has 86 valence electrons. The lowest BCUT2D eigenvalue weighted by atomic mass is 9.96. The SMILES string of the molecule is C#CCn1nc(C(C)(C)C)nc1SCC=C. The van der Waals surface area contributed by atoms with Crippen molar-refractivity contribution in [2.45, 2.75) is 37.9 Å². The van der Waals surface area contributed by atoms with Crippen molar-refractivity contribution >= 4 is 11.8 Å². The molecule has 1 rings (SSSR count). The molecule has 0 atom stereocenters. The van der Waals surface area contributed by atoms with Crippen molar-refractivity contribution in [1.82, 2.24) is 14.8 Å². The van der Waals surface area contributed by atoms with E-state index < -0.39 is 0 Å². The highest BCUT2D eigenvalue weighted by molar-refractivity contribution is 7.99. The first-order valence-corrected chi connectivity index (χ1v) is 6.10. The average Bonchev–Trinajstić information content (AvgIpc) is 2.58. The normalized spacial score (nSPS) is 11.1. The quantitative estimate of drug-likeness (QED) is 0.456. The van der Waals surface area contributed by atoms with E-state index in [1.165, 1.54) is 0 Å². The summed E-state index contributed by atoms with van der Waals surface area (Å²) in [6, 6.07) is 0. The summed E-state index contributed by atoms with van der Waals surface area (Å²) >= 11 is 1.60. The predicted octanol–water partition coefficient (Wildman–Crippen LogP) is 2.49. The molecule has 1 aromatic heterocycles. The van der Waals surface area contributed by atoms with Gasteiger partial charge in [-0.2, -0.15) is 5.10 Å². The van der Waals surface area contributed by atoms with E-state index in [9.17, 15) is 0 Å². The largest absolute Gasteiger partial charge is 0.228 e. The van der Waals surface area contributed by atoms with Gasteiger partial charge in [0.25, 0.3) is 0 Å². The van der Waals surface area contributed by atoms with Crippen molar-refractivity contribution in [2.24, 2.45) is 0 Å². The summed E-state index contributed by atoms with van der Waals surface area (Å²) in [6.45, 7) is 10.4. The second-order valence-electron chi connectivity index (χ2n) is 4.43. The van der Waals surface area contributed by atoms with Crippen LogP contribution >= 0.6 is 11.8 Å². The van der Waals surface area contributed by atoms with E-state index in [2.05, 4.69) is 43.4 Å². The van der Waals surface area contributed by atoms with Crippen molar-refractivity contribution in [3.05, 3.63) is 18.5 Å². The van der Waals surface area contributed by atoms with Crippen molar-refractivity contribution < 1.29 is 0 Å². The van der Waals surface area contributed by atoms with E-state index in [0.717, 1.165) is 16.7 Å². The second kappa shape index (κ2) is 5.22. The lowest BCUT2D eigenvalue weighted by Crippen LogP contribution is -2.14. The average molecular weight is 235 g/mol. The summed E-state index contributed by atoms with van der Waals surface area (Å²) in [6.07, 6.45) is 7.15. The number of rotatable bonds is 4. The Kier molecular flexibility index (Phi) is 4.19. The lowest BCUT2D eigenvalue weighted by Gasteiger charge is -2.11. The minimum atomic E-state index is -0.0522. The van der Waals surface area contributed by atoms with Gasteiger partial charge in [0.1, 0.15) is 6.54 Å². The van der Waals surface area contributed by atoms with Crippen LogP contribution in [0.3, 0.4) is 0 Å². The van der Waals surface area contributed by atoms with Crippen LogP contribution in [0.1, 0.15) is 26.6 Å². The molecule has 0 unspecified atom stereocenters.